The van der Waals surface area contributed by atoms with E-state index >= 15 is 0 Å². The molecule has 4 aliphatic carbocycles. The summed E-state index contributed by atoms with van der Waals surface area (Å²) in [5.74, 6) is 3.46. The van der Waals surface area contributed by atoms with E-state index in [2.05, 4.69) is 78.9 Å². The topological polar surface area (TPSA) is 0 Å². The first kappa shape index (κ1) is 31.8. The Labute approximate surface area is 277 Å². The van der Waals surface area contributed by atoms with Gasteiger partial charge in [0.2, 0.25) is 0 Å². The van der Waals surface area contributed by atoms with Crippen molar-refractivity contribution in [2.45, 2.75) is 152 Å². The molecule has 3 heteroatoms. The van der Waals surface area contributed by atoms with Gasteiger partial charge in [0.05, 0.1) is 0 Å². The smallest absolute Gasteiger partial charge is 0.0713 e. The lowest BCUT2D eigenvalue weighted by atomic mass is 9.27. The Morgan fingerprint density at radius 3 is 1.02 bits per heavy atom. The van der Waals surface area contributed by atoms with E-state index in [1.54, 1.807) is 26.8 Å². The van der Waals surface area contributed by atoms with Crippen molar-refractivity contribution < 1.29 is 0 Å². The molecule has 0 nitrogen and oxygen atoms in total. The predicted octanol–water partition coefficient (Wildman–Crippen LogP) is 10.2. The molecule has 0 saturated heterocycles. The van der Waals surface area contributed by atoms with Crippen molar-refractivity contribution in [3.63, 3.8) is 0 Å². The molecule has 0 spiro atoms. The fourth-order valence-corrected chi connectivity index (χ4v) is 13.4. The van der Waals surface area contributed by atoms with Crippen LogP contribution in [0.15, 0.2) is 78.9 Å². The molecule has 4 saturated carbocycles. The second kappa shape index (κ2) is 15.9. The third-order valence-electron chi connectivity index (χ3n) is 12.7. The van der Waals surface area contributed by atoms with Crippen LogP contribution in [0.25, 0.3) is 0 Å². The van der Waals surface area contributed by atoms with E-state index < -0.39 is 7.92 Å². The summed E-state index contributed by atoms with van der Waals surface area (Å²) in [4.78, 5) is 0. The Morgan fingerprint density at radius 1 is 0.356 bits per heavy atom. The second-order valence-electron chi connectivity index (χ2n) is 15.4. The molecule has 0 aromatic heterocycles. The fourth-order valence-electron chi connectivity index (χ4n) is 10.7. The molecule has 236 valence electrons. The van der Waals surface area contributed by atoms with E-state index in [1.807, 2.05) is 0 Å². The number of benzene rings is 3. The average Bonchev–Trinajstić information content (AvgIpc) is 3.12. The maximum Gasteiger partial charge on any atom is 0.183 e. The highest BCUT2D eigenvalue weighted by Crippen LogP contribution is 2.44. The molecule has 0 radical (unpaired) electrons. The number of hydrogen-bond acceptors (Lipinski definition) is 0. The summed E-state index contributed by atoms with van der Waals surface area (Å²) in [6, 6.07) is 31.8. The molecule has 0 aliphatic heterocycles. The fraction of sp³-hybridized carbons (Fsp3) is 0.571. The molecule has 0 N–H and O–H groups in total. The molecule has 0 atom stereocenters. The minimum absolute atomic E-state index is 0.637. The first-order chi connectivity index (χ1) is 22.4. The van der Waals surface area contributed by atoms with Crippen molar-refractivity contribution in [2.24, 2.45) is 0 Å². The van der Waals surface area contributed by atoms with Gasteiger partial charge in [0.25, 0.3) is 0 Å². The van der Waals surface area contributed by atoms with Crippen molar-refractivity contribution >= 4 is 48.2 Å². The Balaban J connectivity index is 1.37. The van der Waals surface area contributed by atoms with E-state index in [9.17, 15) is 0 Å². The Bertz CT molecular complexity index is 1200. The van der Waals surface area contributed by atoms with Crippen LogP contribution >= 0.6 is 7.92 Å². The van der Waals surface area contributed by atoms with Gasteiger partial charge in [-0.15, -0.1) is 0 Å². The van der Waals surface area contributed by atoms with Crippen molar-refractivity contribution in [3.8, 4) is 0 Å². The van der Waals surface area contributed by atoms with Gasteiger partial charge < -0.3 is 0 Å². The highest BCUT2D eigenvalue weighted by Gasteiger charge is 2.41. The van der Waals surface area contributed by atoms with Crippen molar-refractivity contribution in [3.05, 3.63) is 78.9 Å². The minimum Gasteiger partial charge on any atom is -0.0713 e. The SMILES string of the molecule is c1ccc(P(c2ccccc2B(C2CCCCC2)C2CCCCC2)c2ccccc2B(C2CCCCC2)C2CCCCC2)cc1. The van der Waals surface area contributed by atoms with Gasteiger partial charge in [-0.05, 0) is 23.8 Å². The van der Waals surface area contributed by atoms with Gasteiger partial charge >= 0.3 is 0 Å². The van der Waals surface area contributed by atoms with Crippen LogP contribution in [-0.2, 0) is 0 Å². The van der Waals surface area contributed by atoms with Crippen molar-refractivity contribution in [1.29, 1.82) is 0 Å². The Morgan fingerprint density at radius 2 is 0.667 bits per heavy atom. The van der Waals surface area contributed by atoms with Crippen LogP contribution in [-0.4, -0.2) is 13.4 Å². The predicted molar refractivity (Wildman–Crippen MR) is 203 cm³/mol. The van der Waals surface area contributed by atoms with Crippen molar-refractivity contribution in [1.82, 2.24) is 0 Å². The standard InChI is InChI=1S/C42H57B2P/c1-6-20-34(21-7-1)43(35-22-8-2-9-23-35)39-30-16-18-32-41(39)45(38-28-14-5-15-29-38)42-33-19-17-31-40(42)44(36-24-10-3-11-25-36)37-26-12-4-13-27-37/h5,14-19,28-37H,1-4,6-13,20-27H2. The summed E-state index contributed by atoms with van der Waals surface area (Å²) >= 11 is 0. The normalized spacial score (nSPS) is 21.2. The zero-order valence-electron chi connectivity index (χ0n) is 28.1. The molecule has 0 bridgehead atoms. The molecular weight excluding hydrogens is 557 g/mol. The first-order valence-electron chi connectivity index (χ1n) is 19.4. The van der Waals surface area contributed by atoms with E-state index in [-0.39, 0.29) is 0 Å². The van der Waals surface area contributed by atoms with Gasteiger partial charge in [0, 0.05) is 0 Å². The molecule has 4 aliphatic rings. The molecular formula is C42H57B2P. The largest absolute Gasteiger partial charge is 0.183 e. The maximum absolute atomic E-state index is 2.61. The minimum atomic E-state index is -0.637. The van der Waals surface area contributed by atoms with E-state index in [0.29, 0.717) is 0 Å². The van der Waals surface area contributed by atoms with Crippen LogP contribution in [0.3, 0.4) is 0 Å². The van der Waals surface area contributed by atoms with Gasteiger partial charge in [0.1, 0.15) is 0 Å². The average molecular weight is 615 g/mol. The van der Waals surface area contributed by atoms with Gasteiger partial charge in [-0.25, -0.2) is 0 Å². The van der Waals surface area contributed by atoms with Crippen molar-refractivity contribution in [2.75, 3.05) is 0 Å². The summed E-state index contributed by atoms with van der Waals surface area (Å²) in [7, 11) is -0.637. The molecule has 0 unspecified atom stereocenters. The van der Waals surface area contributed by atoms with Crippen LogP contribution in [0.5, 0.6) is 0 Å². The van der Waals surface area contributed by atoms with Crippen LogP contribution < -0.4 is 26.8 Å². The van der Waals surface area contributed by atoms with Gasteiger partial charge in [-0.1, -0.05) is 241 Å². The van der Waals surface area contributed by atoms with E-state index in [0.717, 1.165) is 36.7 Å². The van der Waals surface area contributed by atoms with Crippen LogP contribution in [0.2, 0.25) is 23.3 Å². The highest BCUT2D eigenvalue weighted by molar-refractivity contribution is 7.80. The van der Waals surface area contributed by atoms with Crippen LogP contribution in [0.4, 0.5) is 0 Å². The molecule has 3 aromatic carbocycles. The van der Waals surface area contributed by atoms with E-state index in [4.69, 9.17) is 0 Å². The highest BCUT2D eigenvalue weighted by atomic mass is 31.1. The second-order valence-corrected chi connectivity index (χ2v) is 17.6. The summed E-state index contributed by atoms with van der Waals surface area (Å²) < 4.78 is 0. The third kappa shape index (κ3) is 7.38. The third-order valence-corrected chi connectivity index (χ3v) is 15.3. The molecule has 45 heavy (non-hydrogen) atoms. The van der Waals surface area contributed by atoms with Gasteiger partial charge in [0.15, 0.2) is 13.4 Å². The van der Waals surface area contributed by atoms with Gasteiger partial charge in [-0.2, -0.15) is 0 Å². The summed E-state index contributed by atoms with van der Waals surface area (Å²) in [6.07, 6.45) is 28.9. The lowest BCUT2D eigenvalue weighted by Crippen LogP contribution is -2.52. The monoisotopic (exact) mass is 614 g/mol. The zero-order valence-corrected chi connectivity index (χ0v) is 29.0. The summed E-state index contributed by atoms with van der Waals surface area (Å²) in [5.41, 5.74) is 3.49. The molecule has 4 fully saturated rings. The molecule has 3 aromatic rings. The lowest BCUT2D eigenvalue weighted by molar-refractivity contribution is 0.465. The number of hydrogen-bond donors (Lipinski definition) is 0. The van der Waals surface area contributed by atoms with Gasteiger partial charge in [-0.3, -0.25) is 0 Å². The zero-order chi connectivity index (χ0) is 30.3. The maximum atomic E-state index is 2.61. The molecule has 0 heterocycles. The first-order valence-corrected chi connectivity index (χ1v) is 20.8. The summed E-state index contributed by atoms with van der Waals surface area (Å²) in [5, 5.41) is 4.95. The quantitative estimate of drug-likeness (QED) is 0.166. The van der Waals surface area contributed by atoms with E-state index in [1.165, 1.54) is 128 Å². The van der Waals surface area contributed by atoms with Crippen LogP contribution in [0, 0.1) is 0 Å². The lowest BCUT2D eigenvalue weighted by Gasteiger charge is -2.39. The van der Waals surface area contributed by atoms with Crippen LogP contribution in [0.1, 0.15) is 128 Å². The Kier molecular flexibility index (Phi) is 11.2. The number of rotatable bonds is 9. The summed E-state index contributed by atoms with van der Waals surface area (Å²) in [6.45, 7) is 1.46. The molecule has 0 amide bonds. The molecule has 7 rings (SSSR count). The Hall–Kier alpha value is -1.78.